The average molecular weight is 703 g/mol. The number of aromatic nitrogens is 4. The van der Waals surface area contributed by atoms with Gasteiger partial charge in [0.1, 0.15) is 11.2 Å². The normalized spacial score (nSPS) is 12.0. The van der Waals surface area contributed by atoms with Crippen LogP contribution in [-0.2, 0) is 0 Å². The van der Waals surface area contributed by atoms with Gasteiger partial charge in [0.2, 0.25) is 0 Å². The van der Waals surface area contributed by atoms with Crippen molar-refractivity contribution in [3.63, 3.8) is 0 Å². The Morgan fingerprint density at radius 2 is 1.09 bits per heavy atom. The lowest BCUT2D eigenvalue weighted by atomic mass is 9.97. The van der Waals surface area contributed by atoms with Gasteiger partial charge in [0.25, 0.3) is 0 Å². The molecule has 0 unspecified atom stereocenters. The summed E-state index contributed by atoms with van der Waals surface area (Å²) < 4.78 is 11.5. The summed E-state index contributed by atoms with van der Waals surface area (Å²) in [5, 5.41) is 6.96. The van der Waals surface area contributed by atoms with E-state index in [4.69, 9.17) is 14.4 Å². The fourth-order valence-corrected chi connectivity index (χ4v) is 8.71. The van der Waals surface area contributed by atoms with Crippen LogP contribution < -0.4 is 0 Å². The monoisotopic (exact) mass is 702 g/mol. The molecular formula is C50H30N4O. The van der Waals surface area contributed by atoms with E-state index in [1.165, 1.54) is 16.3 Å². The molecule has 0 saturated carbocycles. The predicted molar refractivity (Wildman–Crippen MR) is 226 cm³/mol. The van der Waals surface area contributed by atoms with E-state index in [1.54, 1.807) is 0 Å². The number of furan rings is 1. The third-order valence-electron chi connectivity index (χ3n) is 11.2. The van der Waals surface area contributed by atoms with Crippen LogP contribution in [0.15, 0.2) is 187 Å². The van der Waals surface area contributed by atoms with Gasteiger partial charge in [-0.15, -0.1) is 0 Å². The Labute approximate surface area is 315 Å². The summed E-state index contributed by atoms with van der Waals surface area (Å²) >= 11 is 0. The molecule has 0 fully saturated rings. The van der Waals surface area contributed by atoms with Crippen LogP contribution in [0.1, 0.15) is 0 Å². The minimum Gasteiger partial charge on any atom is -0.455 e. The molecule has 0 atom stereocenters. The van der Waals surface area contributed by atoms with E-state index in [1.807, 2.05) is 36.5 Å². The third kappa shape index (κ3) is 4.41. The smallest absolute Gasteiger partial charge is 0.145 e. The van der Waals surface area contributed by atoms with Gasteiger partial charge in [-0.3, -0.25) is 4.98 Å². The standard InChI is InChI=1S/C50H30N4O/c1-2-12-32(13-3-1)53-44-20-10-6-16-36(44)39-28-40-47(29-46(39)53)54(45-27-26-38-37-17-7-11-21-48(37)55-50(38)49(40)45)33-24-22-31(23-25-33)34-14-4-5-15-35(34)43-30-51-41-18-8-9-19-42(41)52-43/h1-30H. The van der Waals surface area contributed by atoms with Gasteiger partial charge < -0.3 is 13.6 Å². The summed E-state index contributed by atoms with van der Waals surface area (Å²) in [5.74, 6) is 0. The second kappa shape index (κ2) is 11.5. The van der Waals surface area contributed by atoms with Crippen LogP contribution in [0, 0.1) is 0 Å². The lowest BCUT2D eigenvalue weighted by molar-refractivity contribution is 0.673. The van der Waals surface area contributed by atoms with Gasteiger partial charge in [-0.25, -0.2) is 4.98 Å². The molecule has 0 aliphatic rings. The molecule has 0 bridgehead atoms. The van der Waals surface area contributed by atoms with Crippen molar-refractivity contribution in [2.24, 2.45) is 0 Å². The predicted octanol–water partition coefficient (Wildman–Crippen LogP) is 13.1. The quantitative estimate of drug-likeness (QED) is 0.183. The molecule has 4 aromatic heterocycles. The van der Waals surface area contributed by atoms with Crippen molar-refractivity contribution in [3.05, 3.63) is 182 Å². The van der Waals surface area contributed by atoms with Crippen LogP contribution >= 0.6 is 0 Å². The maximum absolute atomic E-state index is 6.73. The van der Waals surface area contributed by atoms with Crippen LogP contribution in [0.5, 0.6) is 0 Å². The van der Waals surface area contributed by atoms with E-state index in [-0.39, 0.29) is 0 Å². The average Bonchev–Trinajstić information content (AvgIpc) is 3.90. The second-order valence-electron chi connectivity index (χ2n) is 14.2. The van der Waals surface area contributed by atoms with Gasteiger partial charge in [0, 0.05) is 43.9 Å². The van der Waals surface area contributed by atoms with Crippen molar-refractivity contribution in [2.45, 2.75) is 0 Å². The highest BCUT2D eigenvalue weighted by molar-refractivity contribution is 6.26. The van der Waals surface area contributed by atoms with Crippen molar-refractivity contribution in [2.75, 3.05) is 0 Å². The summed E-state index contributed by atoms with van der Waals surface area (Å²) in [4.78, 5) is 9.71. The molecule has 256 valence electrons. The van der Waals surface area contributed by atoms with Gasteiger partial charge in [-0.1, -0.05) is 103 Å². The van der Waals surface area contributed by atoms with E-state index >= 15 is 0 Å². The van der Waals surface area contributed by atoms with Crippen molar-refractivity contribution in [3.8, 4) is 33.8 Å². The van der Waals surface area contributed by atoms with Crippen LogP contribution in [0.3, 0.4) is 0 Å². The Hall–Kier alpha value is -7.50. The SMILES string of the molecule is c1ccc(-n2c3ccccc3c3cc4c5c6oc7ccccc7c6ccc5n(-c5ccc(-c6ccccc6-c6cnc7ccccc7n6)cc5)c4cc32)cc1. The van der Waals surface area contributed by atoms with Gasteiger partial charge in [-0.2, -0.15) is 0 Å². The van der Waals surface area contributed by atoms with Crippen molar-refractivity contribution in [1.82, 2.24) is 19.1 Å². The lowest BCUT2D eigenvalue weighted by Gasteiger charge is -2.13. The third-order valence-corrected chi connectivity index (χ3v) is 11.2. The van der Waals surface area contributed by atoms with Crippen LogP contribution in [0.4, 0.5) is 0 Å². The minimum absolute atomic E-state index is 0.855. The summed E-state index contributed by atoms with van der Waals surface area (Å²) in [6, 6.07) is 62.3. The zero-order valence-corrected chi connectivity index (χ0v) is 29.5. The van der Waals surface area contributed by atoms with E-state index in [9.17, 15) is 0 Å². The molecule has 0 aliphatic carbocycles. The maximum Gasteiger partial charge on any atom is 0.145 e. The molecule has 5 nitrogen and oxygen atoms in total. The second-order valence-corrected chi connectivity index (χ2v) is 14.2. The highest BCUT2D eigenvalue weighted by Crippen LogP contribution is 2.44. The molecule has 0 aliphatic heterocycles. The van der Waals surface area contributed by atoms with Crippen molar-refractivity contribution in [1.29, 1.82) is 0 Å². The van der Waals surface area contributed by atoms with Gasteiger partial charge in [0.05, 0.1) is 50.4 Å². The number of nitrogens with zero attached hydrogens (tertiary/aromatic N) is 4. The zero-order valence-electron chi connectivity index (χ0n) is 29.5. The Bertz CT molecular complexity index is 3480. The number of para-hydroxylation sites is 5. The van der Waals surface area contributed by atoms with Gasteiger partial charge >= 0.3 is 0 Å². The van der Waals surface area contributed by atoms with E-state index in [0.29, 0.717) is 0 Å². The summed E-state index contributed by atoms with van der Waals surface area (Å²) in [7, 11) is 0. The Kier molecular flexibility index (Phi) is 6.27. The minimum atomic E-state index is 0.855. The molecule has 0 saturated heterocycles. The fraction of sp³-hybridized carbons (Fsp3) is 0. The summed E-state index contributed by atoms with van der Waals surface area (Å²) in [6.45, 7) is 0. The summed E-state index contributed by atoms with van der Waals surface area (Å²) in [5.41, 5.74) is 14.5. The van der Waals surface area contributed by atoms with E-state index < -0.39 is 0 Å². The van der Waals surface area contributed by atoms with Crippen molar-refractivity contribution >= 4 is 76.6 Å². The molecule has 55 heavy (non-hydrogen) atoms. The Balaban J connectivity index is 1.12. The molecule has 0 spiro atoms. The Morgan fingerprint density at radius 3 is 1.96 bits per heavy atom. The fourth-order valence-electron chi connectivity index (χ4n) is 8.71. The topological polar surface area (TPSA) is 48.8 Å². The number of hydrogen-bond donors (Lipinski definition) is 0. The van der Waals surface area contributed by atoms with Crippen molar-refractivity contribution < 1.29 is 4.42 Å². The molecule has 0 amide bonds. The van der Waals surface area contributed by atoms with E-state index in [2.05, 4.69) is 155 Å². The first-order valence-corrected chi connectivity index (χ1v) is 18.6. The lowest BCUT2D eigenvalue weighted by Crippen LogP contribution is -1.96. The first kappa shape index (κ1) is 30.0. The van der Waals surface area contributed by atoms with E-state index in [0.717, 1.165) is 94.1 Å². The first-order valence-electron chi connectivity index (χ1n) is 18.6. The largest absolute Gasteiger partial charge is 0.455 e. The number of fused-ring (bicyclic) bond motifs is 11. The molecule has 12 rings (SSSR count). The highest BCUT2D eigenvalue weighted by atomic mass is 16.3. The molecule has 0 N–H and O–H groups in total. The number of benzene rings is 8. The molecule has 12 aromatic rings. The van der Waals surface area contributed by atoms with Crippen LogP contribution in [0.25, 0.3) is 110 Å². The Morgan fingerprint density at radius 1 is 0.418 bits per heavy atom. The number of rotatable bonds is 4. The van der Waals surface area contributed by atoms with Crippen LogP contribution in [0.2, 0.25) is 0 Å². The highest BCUT2D eigenvalue weighted by Gasteiger charge is 2.22. The first-order chi connectivity index (χ1) is 27.3. The number of hydrogen-bond acceptors (Lipinski definition) is 3. The van der Waals surface area contributed by atoms with Gasteiger partial charge in [0.15, 0.2) is 0 Å². The molecular weight excluding hydrogens is 673 g/mol. The zero-order chi connectivity index (χ0) is 36.0. The molecule has 0 radical (unpaired) electrons. The maximum atomic E-state index is 6.73. The van der Waals surface area contributed by atoms with Crippen LogP contribution in [-0.4, -0.2) is 19.1 Å². The molecule has 4 heterocycles. The molecule has 8 aromatic carbocycles. The summed E-state index contributed by atoms with van der Waals surface area (Å²) in [6.07, 6.45) is 1.88. The van der Waals surface area contributed by atoms with Gasteiger partial charge in [-0.05, 0) is 83.9 Å². The molecule has 5 heteroatoms.